The molecule has 4 rings (SSSR count). The van der Waals surface area contributed by atoms with Crippen molar-refractivity contribution in [1.82, 2.24) is 9.88 Å². The fourth-order valence-corrected chi connectivity index (χ4v) is 4.30. The highest BCUT2D eigenvalue weighted by Crippen LogP contribution is 2.36. The highest BCUT2D eigenvalue weighted by molar-refractivity contribution is 9.10. The molecule has 132 valence electrons. The Balaban J connectivity index is 1.63. The number of benzene rings is 1. The van der Waals surface area contributed by atoms with Gasteiger partial charge in [0.05, 0.1) is 13.2 Å². The number of carbonyl (C=O) groups excluding carboxylic acids is 1. The fourth-order valence-electron chi connectivity index (χ4n) is 2.99. The molecule has 0 atom stereocenters. The van der Waals surface area contributed by atoms with E-state index in [1.807, 2.05) is 35.5 Å². The molecule has 2 aromatic heterocycles. The Hall–Kier alpha value is -2.02. The minimum Gasteiger partial charge on any atom is -0.378 e. The van der Waals surface area contributed by atoms with Crippen LogP contribution in [0.3, 0.4) is 0 Å². The maximum absolute atomic E-state index is 12.3. The van der Waals surface area contributed by atoms with Gasteiger partial charge in [-0.1, -0.05) is 28.1 Å². The molecule has 1 aromatic carbocycles. The predicted octanol–water partition coefficient (Wildman–Crippen LogP) is 4.60. The largest absolute Gasteiger partial charge is 0.378 e. The zero-order chi connectivity index (χ0) is 17.9. The van der Waals surface area contributed by atoms with Crippen LogP contribution >= 0.6 is 27.3 Å². The number of halogens is 1. The number of carbonyl (C=O) groups is 1. The lowest BCUT2D eigenvalue weighted by atomic mass is 10.1. The first-order valence-electron chi connectivity index (χ1n) is 8.38. The first-order valence-corrected chi connectivity index (χ1v) is 10.1. The minimum absolute atomic E-state index is 0.0231. The van der Waals surface area contributed by atoms with Crippen molar-refractivity contribution in [2.45, 2.75) is 0 Å². The maximum Gasteiger partial charge on any atom is 0.246 e. The number of thiophene rings is 1. The zero-order valence-electron chi connectivity index (χ0n) is 14.0. The van der Waals surface area contributed by atoms with E-state index in [4.69, 9.17) is 4.74 Å². The lowest BCUT2D eigenvalue weighted by Gasteiger charge is -2.25. The molecule has 1 saturated heterocycles. The quantitative estimate of drug-likeness (QED) is 0.572. The summed E-state index contributed by atoms with van der Waals surface area (Å²) in [6, 6.07) is 8.26. The lowest BCUT2D eigenvalue weighted by molar-refractivity contribution is -0.129. The highest BCUT2D eigenvalue weighted by atomic mass is 79.9. The van der Waals surface area contributed by atoms with Gasteiger partial charge in [0.1, 0.15) is 0 Å². The van der Waals surface area contributed by atoms with E-state index in [9.17, 15) is 4.79 Å². The van der Waals surface area contributed by atoms with Crippen LogP contribution in [-0.4, -0.2) is 42.1 Å². The molecule has 0 bridgehead atoms. The first-order chi connectivity index (χ1) is 12.7. The Morgan fingerprint density at radius 3 is 2.73 bits per heavy atom. The number of fused-ring (bicyclic) bond motifs is 1. The molecular weight excluding hydrogens is 412 g/mol. The number of nitrogens with zero attached hydrogens (tertiary/aromatic N) is 2. The van der Waals surface area contributed by atoms with Crippen molar-refractivity contribution < 1.29 is 9.53 Å². The number of ether oxygens (including phenoxy) is 1. The molecule has 0 N–H and O–H groups in total. The average molecular weight is 429 g/mol. The van der Waals surface area contributed by atoms with Crippen LogP contribution < -0.4 is 0 Å². The van der Waals surface area contributed by atoms with Crippen molar-refractivity contribution >= 4 is 49.3 Å². The molecule has 1 amide bonds. The van der Waals surface area contributed by atoms with Crippen LogP contribution in [0.5, 0.6) is 0 Å². The van der Waals surface area contributed by atoms with Gasteiger partial charge >= 0.3 is 0 Å². The summed E-state index contributed by atoms with van der Waals surface area (Å²) in [5, 5.41) is 3.26. The molecule has 6 heteroatoms. The summed E-state index contributed by atoms with van der Waals surface area (Å²) < 4.78 is 7.50. The normalized spacial score (nSPS) is 15.0. The van der Waals surface area contributed by atoms with Crippen LogP contribution in [0.15, 0.2) is 52.6 Å². The van der Waals surface area contributed by atoms with E-state index < -0.39 is 0 Å². The Morgan fingerprint density at radius 1 is 1.19 bits per heavy atom. The minimum atomic E-state index is 0.0231. The number of morpholine rings is 1. The summed E-state index contributed by atoms with van der Waals surface area (Å²) in [5.74, 6) is 0.0231. The standard InChI is InChI=1S/C20H17BrN2O2S/c21-16-4-1-14(2-5-16)18-13-26-20-15(11-22-12-17(18)20)3-6-19(24)23-7-9-25-10-8-23/h1-6,11-13H,7-10H2/b6-3+. The van der Waals surface area contributed by atoms with Gasteiger partial charge in [-0.2, -0.15) is 0 Å². The Morgan fingerprint density at radius 2 is 1.96 bits per heavy atom. The molecule has 0 saturated carbocycles. The van der Waals surface area contributed by atoms with Crippen molar-refractivity contribution in [1.29, 1.82) is 0 Å². The molecule has 0 radical (unpaired) electrons. The van der Waals surface area contributed by atoms with Crippen molar-refractivity contribution in [3.05, 3.63) is 58.2 Å². The number of aromatic nitrogens is 1. The van der Waals surface area contributed by atoms with E-state index in [1.165, 1.54) is 5.56 Å². The first kappa shape index (κ1) is 17.4. The van der Waals surface area contributed by atoms with Crippen molar-refractivity contribution in [3.8, 4) is 11.1 Å². The summed E-state index contributed by atoms with van der Waals surface area (Å²) >= 11 is 5.15. The second-order valence-electron chi connectivity index (χ2n) is 6.03. The van der Waals surface area contributed by atoms with Crippen LogP contribution in [0.25, 0.3) is 27.3 Å². The van der Waals surface area contributed by atoms with E-state index in [0.717, 1.165) is 25.7 Å². The van der Waals surface area contributed by atoms with Crippen molar-refractivity contribution in [2.24, 2.45) is 0 Å². The fraction of sp³-hybridized carbons (Fsp3) is 0.200. The number of rotatable bonds is 3. The number of hydrogen-bond donors (Lipinski definition) is 0. The number of amides is 1. The van der Waals surface area contributed by atoms with Crippen molar-refractivity contribution in [3.63, 3.8) is 0 Å². The average Bonchev–Trinajstić information content (AvgIpc) is 3.12. The number of hydrogen-bond acceptors (Lipinski definition) is 4. The Labute approximate surface area is 164 Å². The molecule has 1 aliphatic rings. The van der Waals surface area contributed by atoms with Gasteiger partial charge in [0, 0.05) is 57.2 Å². The molecule has 3 aromatic rings. The van der Waals surface area contributed by atoms with E-state index >= 15 is 0 Å². The summed E-state index contributed by atoms with van der Waals surface area (Å²) in [4.78, 5) is 18.5. The molecule has 3 heterocycles. The molecule has 1 fully saturated rings. The summed E-state index contributed by atoms with van der Waals surface area (Å²) in [5.41, 5.74) is 3.30. The van der Waals surface area contributed by atoms with Gasteiger partial charge in [0.2, 0.25) is 5.91 Å². The third-order valence-corrected chi connectivity index (χ3v) is 5.97. The molecule has 0 aliphatic carbocycles. The van der Waals surface area contributed by atoms with Gasteiger partial charge < -0.3 is 9.64 Å². The molecule has 1 aliphatic heterocycles. The van der Waals surface area contributed by atoms with E-state index in [2.05, 4.69) is 38.4 Å². The van der Waals surface area contributed by atoms with Crippen LogP contribution in [-0.2, 0) is 9.53 Å². The molecule has 26 heavy (non-hydrogen) atoms. The van der Waals surface area contributed by atoms with Gasteiger partial charge in [0.15, 0.2) is 0 Å². The Bertz CT molecular complexity index is 960. The molecule has 4 nitrogen and oxygen atoms in total. The lowest BCUT2D eigenvalue weighted by Crippen LogP contribution is -2.39. The smallest absolute Gasteiger partial charge is 0.246 e. The van der Waals surface area contributed by atoms with Gasteiger partial charge in [-0.3, -0.25) is 9.78 Å². The van der Waals surface area contributed by atoms with Gasteiger partial charge in [-0.25, -0.2) is 0 Å². The van der Waals surface area contributed by atoms with E-state index in [-0.39, 0.29) is 5.91 Å². The predicted molar refractivity (Wildman–Crippen MR) is 109 cm³/mol. The van der Waals surface area contributed by atoms with Gasteiger partial charge in [-0.05, 0) is 29.2 Å². The van der Waals surface area contributed by atoms with Crippen LogP contribution in [0.4, 0.5) is 0 Å². The molecule has 0 unspecified atom stereocenters. The summed E-state index contributed by atoms with van der Waals surface area (Å²) in [6.07, 6.45) is 7.22. The van der Waals surface area contributed by atoms with Crippen LogP contribution in [0.1, 0.15) is 5.56 Å². The third kappa shape index (κ3) is 3.58. The topological polar surface area (TPSA) is 42.4 Å². The SMILES string of the molecule is O=C(/C=C/c1cncc2c(-c3ccc(Br)cc3)csc12)N1CCOCC1. The molecule has 0 spiro atoms. The Kier molecular flexibility index (Phi) is 5.15. The summed E-state index contributed by atoms with van der Waals surface area (Å²) in [7, 11) is 0. The van der Waals surface area contributed by atoms with Gasteiger partial charge in [-0.15, -0.1) is 11.3 Å². The third-order valence-electron chi connectivity index (χ3n) is 4.39. The monoisotopic (exact) mass is 428 g/mol. The van der Waals surface area contributed by atoms with Crippen LogP contribution in [0, 0.1) is 0 Å². The second kappa shape index (κ2) is 7.70. The highest BCUT2D eigenvalue weighted by Gasteiger charge is 2.14. The zero-order valence-corrected chi connectivity index (χ0v) is 16.4. The van der Waals surface area contributed by atoms with E-state index in [0.29, 0.717) is 26.3 Å². The maximum atomic E-state index is 12.3. The van der Waals surface area contributed by atoms with Crippen LogP contribution in [0.2, 0.25) is 0 Å². The van der Waals surface area contributed by atoms with Gasteiger partial charge in [0.25, 0.3) is 0 Å². The van der Waals surface area contributed by atoms with Crippen molar-refractivity contribution in [2.75, 3.05) is 26.3 Å². The van der Waals surface area contributed by atoms with E-state index in [1.54, 1.807) is 17.4 Å². The molecular formula is C20H17BrN2O2S. The number of pyridine rings is 1. The second-order valence-corrected chi connectivity index (χ2v) is 7.83. The summed E-state index contributed by atoms with van der Waals surface area (Å²) in [6.45, 7) is 2.52.